The molecule has 2 aromatic rings. The van der Waals surface area contributed by atoms with Gasteiger partial charge in [0.25, 0.3) is 0 Å². The van der Waals surface area contributed by atoms with Gasteiger partial charge in [-0.15, -0.1) is 0 Å². The van der Waals surface area contributed by atoms with E-state index in [1.54, 1.807) is 6.07 Å². The van der Waals surface area contributed by atoms with E-state index in [-0.39, 0.29) is 11.6 Å². The molecule has 0 radical (unpaired) electrons. The summed E-state index contributed by atoms with van der Waals surface area (Å²) in [6.45, 7) is 5.88. The maximum absolute atomic E-state index is 13.0. The smallest absolute Gasteiger partial charge is 0.222 e. The molecule has 2 rings (SSSR count). The van der Waals surface area contributed by atoms with E-state index in [2.05, 4.69) is 9.97 Å². The highest BCUT2D eigenvalue weighted by Gasteiger charge is 2.09. The number of nitrogens with zero attached hydrogens (tertiary/aromatic N) is 2. The zero-order valence-corrected chi connectivity index (χ0v) is 11.1. The number of nitrogens with two attached hydrogens (primary N) is 1. The van der Waals surface area contributed by atoms with Gasteiger partial charge in [-0.05, 0) is 19.1 Å². The second-order valence-electron chi connectivity index (χ2n) is 4.64. The van der Waals surface area contributed by atoms with Crippen LogP contribution in [0.5, 0.6) is 11.6 Å². The van der Waals surface area contributed by atoms with Crippen molar-refractivity contribution in [2.45, 2.75) is 26.7 Å². The number of hydrogen-bond donors (Lipinski definition) is 1. The molecular weight excluding hydrogens is 245 g/mol. The monoisotopic (exact) mass is 261 g/mol. The van der Waals surface area contributed by atoms with E-state index in [0.29, 0.717) is 17.5 Å². The first-order valence-electron chi connectivity index (χ1n) is 6.04. The highest BCUT2D eigenvalue weighted by atomic mass is 19.1. The molecule has 19 heavy (non-hydrogen) atoms. The van der Waals surface area contributed by atoms with Crippen molar-refractivity contribution >= 4 is 5.69 Å². The maximum atomic E-state index is 13.0. The fourth-order valence-electron chi connectivity index (χ4n) is 1.60. The molecule has 0 aliphatic carbocycles. The first-order chi connectivity index (χ1) is 8.95. The fraction of sp³-hybridized carbons (Fsp3) is 0.286. The van der Waals surface area contributed by atoms with Crippen LogP contribution in [0.4, 0.5) is 10.1 Å². The fourth-order valence-corrected chi connectivity index (χ4v) is 1.60. The third-order valence-corrected chi connectivity index (χ3v) is 2.55. The van der Waals surface area contributed by atoms with Crippen LogP contribution in [-0.4, -0.2) is 9.97 Å². The van der Waals surface area contributed by atoms with E-state index in [1.807, 2.05) is 20.8 Å². The molecular formula is C14H16FN3O. The number of halogens is 1. The van der Waals surface area contributed by atoms with E-state index in [4.69, 9.17) is 10.5 Å². The van der Waals surface area contributed by atoms with Crippen LogP contribution in [0.3, 0.4) is 0 Å². The molecule has 1 aromatic heterocycles. The Morgan fingerprint density at radius 1 is 1.21 bits per heavy atom. The second-order valence-corrected chi connectivity index (χ2v) is 4.64. The van der Waals surface area contributed by atoms with Gasteiger partial charge in [-0.3, -0.25) is 0 Å². The summed E-state index contributed by atoms with van der Waals surface area (Å²) in [6, 6.07) is 5.71. The minimum atomic E-state index is -0.397. The van der Waals surface area contributed by atoms with Crippen molar-refractivity contribution in [1.29, 1.82) is 0 Å². The maximum Gasteiger partial charge on any atom is 0.222 e. The van der Waals surface area contributed by atoms with Gasteiger partial charge in [0.2, 0.25) is 5.88 Å². The first-order valence-corrected chi connectivity index (χ1v) is 6.04. The van der Waals surface area contributed by atoms with E-state index < -0.39 is 5.82 Å². The molecule has 5 heteroatoms. The highest BCUT2D eigenvalue weighted by Crippen LogP contribution is 2.27. The summed E-state index contributed by atoms with van der Waals surface area (Å²) in [5.41, 5.74) is 6.75. The average Bonchev–Trinajstić information content (AvgIpc) is 2.32. The lowest BCUT2D eigenvalue weighted by Gasteiger charge is -2.10. The van der Waals surface area contributed by atoms with Gasteiger partial charge in [0.1, 0.15) is 11.6 Å². The van der Waals surface area contributed by atoms with Crippen LogP contribution in [0.25, 0.3) is 0 Å². The molecule has 0 spiro atoms. The van der Waals surface area contributed by atoms with Crippen LogP contribution in [-0.2, 0) is 0 Å². The number of ether oxygens (including phenoxy) is 1. The summed E-state index contributed by atoms with van der Waals surface area (Å²) in [6.07, 6.45) is 0. The summed E-state index contributed by atoms with van der Waals surface area (Å²) in [7, 11) is 0. The van der Waals surface area contributed by atoms with E-state index in [0.717, 1.165) is 5.69 Å². The van der Waals surface area contributed by atoms with Crippen LogP contribution in [0, 0.1) is 12.7 Å². The van der Waals surface area contributed by atoms with Crippen molar-refractivity contribution in [3.8, 4) is 11.6 Å². The van der Waals surface area contributed by atoms with Gasteiger partial charge in [-0.1, -0.05) is 13.8 Å². The Kier molecular flexibility index (Phi) is 3.64. The summed E-state index contributed by atoms with van der Waals surface area (Å²) in [5.74, 6) is 1.30. The van der Waals surface area contributed by atoms with Gasteiger partial charge in [-0.25, -0.2) is 9.37 Å². The Balaban J connectivity index is 2.32. The van der Waals surface area contributed by atoms with E-state index in [1.165, 1.54) is 18.2 Å². The van der Waals surface area contributed by atoms with Gasteiger partial charge in [-0.2, -0.15) is 4.98 Å². The van der Waals surface area contributed by atoms with Gasteiger partial charge in [0.05, 0.1) is 5.69 Å². The summed E-state index contributed by atoms with van der Waals surface area (Å²) >= 11 is 0. The molecule has 0 fully saturated rings. The Bertz CT molecular complexity index is 599. The standard InChI is InChI=1S/C14H16FN3O/c1-8(2)14-17-9(3)6-13(18-14)19-12-5-4-10(15)7-11(12)16/h4-8H,16H2,1-3H3. The van der Waals surface area contributed by atoms with Crippen molar-refractivity contribution in [2.24, 2.45) is 0 Å². The Labute approximate surface area is 111 Å². The zero-order valence-electron chi connectivity index (χ0n) is 11.1. The van der Waals surface area contributed by atoms with Crippen LogP contribution in [0.2, 0.25) is 0 Å². The molecule has 4 nitrogen and oxygen atoms in total. The molecule has 0 aliphatic heterocycles. The largest absolute Gasteiger partial charge is 0.437 e. The normalized spacial score (nSPS) is 10.8. The lowest BCUT2D eigenvalue weighted by atomic mass is 10.2. The molecule has 0 unspecified atom stereocenters. The number of aryl methyl sites for hydroxylation is 1. The highest BCUT2D eigenvalue weighted by molar-refractivity contribution is 5.53. The second kappa shape index (κ2) is 5.22. The predicted molar refractivity (Wildman–Crippen MR) is 71.7 cm³/mol. The molecule has 0 amide bonds. The minimum absolute atomic E-state index is 0.202. The molecule has 0 bridgehead atoms. The molecule has 1 aromatic carbocycles. The third kappa shape index (κ3) is 3.19. The molecule has 0 saturated heterocycles. The SMILES string of the molecule is Cc1cc(Oc2ccc(F)cc2N)nc(C(C)C)n1. The first kappa shape index (κ1) is 13.3. The van der Waals surface area contributed by atoms with Crippen molar-refractivity contribution in [3.05, 3.63) is 41.6 Å². The Morgan fingerprint density at radius 2 is 1.95 bits per heavy atom. The Morgan fingerprint density at radius 3 is 2.58 bits per heavy atom. The van der Waals surface area contributed by atoms with Crippen molar-refractivity contribution in [2.75, 3.05) is 5.73 Å². The molecule has 0 saturated carbocycles. The topological polar surface area (TPSA) is 61.0 Å². The summed E-state index contributed by atoms with van der Waals surface area (Å²) in [4.78, 5) is 8.64. The Hall–Kier alpha value is -2.17. The molecule has 0 aliphatic rings. The number of hydrogen-bond acceptors (Lipinski definition) is 4. The lowest BCUT2D eigenvalue weighted by Crippen LogP contribution is -2.02. The number of aromatic nitrogens is 2. The van der Waals surface area contributed by atoms with Gasteiger partial charge < -0.3 is 10.5 Å². The van der Waals surface area contributed by atoms with Gasteiger partial charge in [0.15, 0.2) is 5.75 Å². The van der Waals surface area contributed by atoms with Crippen LogP contribution in [0.1, 0.15) is 31.3 Å². The number of benzene rings is 1. The van der Waals surface area contributed by atoms with Crippen LogP contribution >= 0.6 is 0 Å². The zero-order chi connectivity index (χ0) is 14.0. The quantitative estimate of drug-likeness (QED) is 0.860. The number of nitrogen functional groups attached to an aromatic ring is 1. The number of rotatable bonds is 3. The molecule has 1 heterocycles. The van der Waals surface area contributed by atoms with Gasteiger partial charge in [0, 0.05) is 23.7 Å². The number of anilines is 1. The molecule has 2 N–H and O–H groups in total. The average molecular weight is 261 g/mol. The van der Waals surface area contributed by atoms with Gasteiger partial charge >= 0.3 is 0 Å². The van der Waals surface area contributed by atoms with Crippen molar-refractivity contribution < 1.29 is 9.13 Å². The summed E-state index contributed by atoms with van der Waals surface area (Å²) in [5, 5.41) is 0. The van der Waals surface area contributed by atoms with Crippen molar-refractivity contribution in [1.82, 2.24) is 9.97 Å². The van der Waals surface area contributed by atoms with Crippen LogP contribution < -0.4 is 10.5 Å². The van der Waals surface area contributed by atoms with Crippen LogP contribution in [0.15, 0.2) is 24.3 Å². The van der Waals surface area contributed by atoms with E-state index in [9.17, 15) is 4.39 Å². The molecule has 0 atom stereocenters. The van der Waals surface area contributed by atoms with E-state index >= 15 is 0 Å². The lowest BCUT2D eigenvalue weighted by molar-refractivity contribution is 0.456. The minimum Gasteiger partial charge on any atom is -0.437 e. The third-order valence-electron chi connectivity index (χ3n) is 2.55. The molecule has 100 valence electrons. The van der Waals surface area contributed by atoms with Crippen molar-refractivity contribution in [3.63, 3.8) is 0 Å². The predicted octanol–water partition coefficient (Wildman–Crippen LogP) is 3.42. The summed E-state index contributed by atoms with van der Waals surface area (Å²) < 4.78 is 18.6.